The molecular formula is C10H15ClN2S. The third kappa shape index (κ3) is 3.68. The fourth-order valence-electron chi connectivity index (χ4n) is 1.12. The molecule has 78 valence electrons. The summed E-state index contributed by atoms with van der Waals surface area (Å²) in [4.78, 5) is 0. The molecule has 0 amide bonds. The number of anilines is 2. The van der Waals surface area contributed by atoms with E-state index < -0.39 is 0 Å². The van der Waals surface area contributed by atoms with Crippen molar-refractivity contribution in [3.05, 3.63) is 23.2 Å². The summed E-state index contributed by atoms with van der Waals surface area (Å²) in [7, 11) is 0. The van der Waals surface area contributed by atoms with Crippen LogP contribution in [0, 0.1) is 0 Å². The van der Waals surface area contributed by atoms with Crippen LogP contribution in [0.2, 0.25) is 5.02 Å². The average molecular weight is 231 g/mol. The topological polar surface area (TPSA) is 38.0 Å². The molecule has 1 aromatic rings. The molecular weight excluding hydrogens is 216 g/mol. The van der Waals surface area contributed by atoms with Crippen molar-refractivity contribution >= 4 is 34.7 Å². The van der Waals surface area contributed by atoms with Gasteiger partial charge in [-0.3, -0.25) is 0 Å². The van der Waals surface area contributed by atoms with Crippen LogP contribution in [0.4, 0.5) is 11.4 Å². The van der Waals surface area contributed by atoms with Crippen molar-refractivity contribution in [2.45, 2.75) is 6.42 Å². The second-order valence-electron chi connectivity index (χ2n) is 3.00. The predicted molar refractivity (Wildman–Crippen MR) is 67.4 cm³/mol. The van der Waals surface area contributed by atoms with E-state index in [-0.39, 0.29) is 0 Å². The SMILES string of the molecule is CSCCCNc1cc(Cl)ccc1N. The first-order valence-corrected chi connectivity index (χ1v) is 6.29. The molecule has 2 nitrogen and oxygen atoms in total. The second kappa shape index (κ2) is 6.04. The molecule has 0 heterocycles. The van der Waals surface area contributed by atoms with Gasteiger partial charge in [-0.25, -0.2) is 0 Å². The Kier molecular flexibility index (Phi) is 4.98. The van der Waals surface area contributed by atoms with E-state index in [1.54, 1.807) is 6.07 Å². The molecule has 0 spiro atoms. The van der Waals surface area contributed by atoms with Crippen molar-refractivity contribution in [3.8, 4) is 0 Å². The zero-order valence-electron chi connectivity index (χ0n) is 8.22. The van der Waals surface area contributed by atoms with Crippen LogP contribution in [-0.2, 0) is 0 Å². The largest absolute Gasteiger partial charge is 0.397 e. The highest BCUT2D eigenvalue weighted by atomic mass is 35.5. The normalized spacial score (nSPS) is 10.1. The van der Waals surface area contributed by atoms with Crippen LogP contribution in [0.1, 0.15) is 6.42 Å². The Bertz CT molecular complexity index is 291. The maximum atomic E-state index is 5.86. The summed E-state index contributed by atoms with van der Waals surface area (Å²) in [5.74, 6) is 1.16. The molecule has 0 fully saturated rings. The third-order valence-corrected chi connectivity index (χ3v) is 2.79. The van der Waals surface area contributed by atoms with Gasteiger partial charge in [-0.15, -0.1) is 0 Å². The Labute approximate surface area is 94.2 Å². The van der Waals surface area contributed by atoms with Crippen LogP contribution >= 0.6 is 23.4 Å². The Balaban J connectivity index is 2.45. The molecule has 0 saturated carbocycles. The van der Waals surface area contributed by atoms with E-state index in [9.17, 15) is 0 Å². The fraction of sp³-hybridized carbons (Fsp3) is 0.400. The van der Waals surface area contributed by atoms with Crippen molar-refractivity contribution in [1.29, 1.82) is 0 Å². The van der Waals surface area contributed by atoms with E-state index in [1.165, 1.54) is 0 Å². The summed E-state index contributed by atoms with van der Waals surface area (Å²) in [5.41, 5.74) is 7.46. The third-order valence-electron chi connectivity index (χ3n) is 1.86. The number of hydrogen-bond donors (Lipinski definition) is 2. The van der Waals surface area contributed by atoms with Gasteiger partial charge in [-0.2, -0.15) is 11.8 Å². The molecule has 0 aliphatic heterocycles. The molecule has 14 heavy (non-hydrogen) atoms. The van der Waals surface area contributed by atoms with E-state index in [4.69, 9.17) is 17.3 Å². The van der Waals surface area contributed by atoms with Gasteiger partial charge in [0, 0.05) is 11.6 Å². The molecule has 0 aromatic heterocycles. The number of nitrogen functional groups attached to an aromatic ring is 1. The molecule has 0 atom stereocenters. The summed E-state index contributed by atoms with van der Waals surface area (Å²) in [6.07, 6.45) is 3.24. The number of halogens is 1. The van der Waals surface area contributed by atoms with Gasteiger partial charge in [0.25, 0.3) is 0 Å². The van der Waals surface area contributed by atoms with E-state index in [0.717, 1.165) is 30.1 Å². The minimum absolute atomic E-state index is 0.714. The van der Waals surface area contributed by atoms with Crippen LogP contribution in [-0.4, -0.2) is 18.6 Å². The molecule has 0 radical (unpaired) electrons. The highest BCUT2D eigenvalue weighted by Gasteiger charge is 1.98. The van der Waals surface area contributed by atoms with Crippen molar-refractivity contribution in [3.63, 3.8) is 0 Å². The first-order chi connectivity index (χ1) is 6.74. The van der Waals surface area contributed by atoms with Gasteiger partial charge in [0.15, 0.2) is 0 Å². The Morgan fingerprint density at radius 1 is 1.50 bits per heavy atom. The predicted octanol–water partition coefficient (Wildman–Crippen LogP) is 3.09. The second-order valence-corrected chi connectivity index (χ2v) is 4.43. The van der Waals surface area contributed by atoms with Crippen molar-refractivity contribution in [2.24, 2.45) is 0 Å². The number of rotatable bonds is 5. The molecule has 1 aromatic carbocycles. The fourth-order valence-corrected chi connectivity index (χ4v) is 1.73. The van der Waals surface area contributed by atoms with Crippen molar-refractivity contribution in [2.75, 3.05) is 29.6 Å². The summed E-state index contributed by atoms with van der Waals surface area (Å²) >= 11 is 7.70. The minimum Gasteiger partial charge on any atom is -0.397 e. The van der Waals surface area contributed by atoms with E-state index in [0.29, 0.717) is 5.02 Å². The summed E-state index contributed by atoms with van der Waals surface area (Å²) in [6.45, 7) is 0.936. The summed E-state index contributed by atoms with van der Waals surface area (Å²) < 4.78 is 0. The lowest BCUT2D eigenvalue weighted by atomic mass is 10.2. The number of nitrogens with two attached hydrogens (primary N) is 1. The van der Waals surface area contributed by atoms with Crippen molar-refractivity contribution < 1.29 is 0 Å². The molecule has 0 saturated heterocycles. The maximum Gasteiger partial charge on any atom is 0.0588 e. The molecule has 0 aliphatic rings. The lowest BCUT2D eigenvalue weighted by molar-refractivity contribution is 0.994. The van der Waals surface area contributed by atoms with Gasteiger partial charge in [0.2, 0.25) is 0 Å². The Morgan fingerprint density at radius 2 is 2.29 bits per heavy atom. The van der Waals surface area contributed by atoms with Gasteiger partial charge in [-0.05, 0) is 36.6 Å². The molecule has 1 rings (SSSR count). The van der Waals surface area contributed by atoms with Crippen LogP contribution in [0.15, 0.2) is 18.2 Å². The average Bonchev–Trinajstić information content (AvgIpc) is 2.18. The minimum atomic E-state index is 0.714. The molecule has 0 unspecified atom stereocenters. The lowest BCUT2D eigenvalue weighted by Gasteiger charge is -2.08. The smallest absolute Gasteiger partial charge is 0.0588 e. The summed E-state index contributed by atoms with van der Waals surface area (Å²) in [5, 5.41) is 3.98. The Morgan fingerprint density at radius 3 is 3.00 bits per heavy atom. The highest BCUT2D eigenvalue weighted by molar-refractivity contribution is 7.98. The zero-order valence-corrected chi connectivity index (χ0v) is 9.79. The highest BCUT2D eigenvalue weighted by Crippen LogP contribution is 2.22. The number of benzene rings is 1. The number of nitrogens with one attached hydrogen (secondary N) is 1. The quantitative estimate of drug-likeness (QED) is 0.603. The van der Waals surface area contributed by atoms with Gasteiger partial charge in [0.1, 0.15) is 0 Å². The van der Waals surface area contributed by atoms with Gasteiger partial charge < -0.3 is 11.1 Å². The van der Waals surface area contributed by atoms with Crippen LogP contribution in [0.3, 0.4) is 0 Å². The lowest BCUT2D eigenvalue weighted by Crippen LogP contribution is -2.04. The van der Waals surface area contributed by atoms with Gasteiger partial charge in [0.05, 0.1) is 11.4 Å². The van der Waals surface area contributed by atoms with Crippen LogP contribution < -0.4 is 11.1 Å². The van der Waals surface area contributed by atoms with E-state index in [1.807, 2.05) is 23.9 Å². The summed E-state index contributed by atoms with van der Waals surface area (Å²) in [6, 6.07) is 5.47. The van der Waals surface area contributed by atoms with E-state index in [2.05, 4.69) is 11.6 Å². The van der Waals surface area contributed by atoms with Gasteiger partial charge in [-0.1, -0.05) is 11.6 Å². The first-order valence-electron chi connectivity index (χ1n) is 4.52. The monoisotopic (exact) mass is 230 g/mol. The standard InChI is InChI=1S/C10H15ClN2S/c1-14-6-2-5-13-10-7-8(11)3-4-9(10)12/h3-4,7,13H,2,5-6,12H2,1H3. The molecule has 0 aliphatic carbocycles. The maximum absolute atomic E-state index is 5.86. The molecule has 0 bridgehead atoms. The van der Waals surface area contributed by atoms with Crippen LogP contribution in [0.25, 0.3) is 0 Å². The Hall–Kier alpha value is -0.540. The van der Waals surface area contributed by atoms with Crippen molar-refractivity contribution in [1.82, 2.24) is 0 Å². The first kappa shape index (κ1) is 11.5. The van der Waals surface area contributed by atoms with Gasteiger partial charge >= 0.3 is 0 Å². The molecule has 4 heteroatoms. The zero-order chi connectivity index (χ0) is 10.4. The van der Waals surface area contributed by atoms with Crippen LogP contribution in [0.5, 0.6) is 0 Å². The number of hydrogen-bond acceptors (Lipinski definition) is 3. The van der Waals surface area contributed by atoms with E-state index >= 15 is 0 Å². The molecule has 3 N–H and O–H groups in total. The number of thioether (sulfide) groups is 1.